The molecule has 20 heavy (non-hydrogen) atoms. The van der Waals surface area contributed by atoms with Crippen LogP contribution in [0.2, 0.25) is 0 Å². The van der Waals surface area contributed by atoms with E-state index in [1.807, 2.05) is 37.3 Å². The molecule has 0 aliphatic carbocycles. The lowest BCUT2D eigenvalue weighted by Crippen LogP contribution is -2.36. The molecule has 1 aromatic carbocycles. The van der Waals surface area contributed by atoms with Crippen molar-refractivity contribution < 1.29 is 9.90 Å². The van der Waals surface area contributed by atoms with Gasteiger partial charge in [-0.05, 0) is 31.0 Å². The Labute approximate surface area is 117 Å². The van der Waals surface area contributed by atoms with Crippen LogP contribution in [0.15, 0.2) is 42.7 Å². The summed E-state index contributed by atoms with van der Waals surface area (Å²) in [5.74, 6) is -0.0689. The molecule has 1 aliphatic rings. The smallest absolute Gasteiger partial charge is 0.259 e. The first-order chi connectivity index (χ1) is 9.66. The second kappa shape index (κ2) is 5.06. The monoisotopic (exact) mass is 268 g/mol. The van der Waals surface area contributed by atoms with Gasteiger partial charge in [0.1, 0.15) is 0 Å². The van der Waals surface area contributed by atoms with Gasteiger partial charge in [-0.3, -0.25) is 9.78 Å². The second-order valence-corrected chi connectivity index (χ2v) is 5.07. The Morgan fingerprint density at radius 2 is 2.15 bits per heavy atom. The van der Waals surface area contributed by atoms with Gasteiger partial charge in [-0.25, -0.2) is 0 Å². The van der Waals surface area contributed by atoms with Gasteiger partial charge in [-0.15, -0.1) is 0 Å². The molecule has 2 aromatic rings. The molecule has 2 heterocycles. The Hall–Kier alpha value is -2.20. The number of rotatable bonds is 1. The predicted molar refractivity (Wildman–Crippen MR) is 76.7 cm³/mol. The fraction of sp³-hybridized carbons (Fsp3) is 0.250. The fourth-order valence-corrected chi connectivity index (χ4v) is 2.58. The quantitative estimate of drug-likeness (QED) is 0.864. The zero-order valence-corrected chi connectivity index (χ0v) is 11.3. The Balaban J connectivity index is 1.99. The average molecular weight is 268 g/mol. The van der Waals surface area contributed by atoms with Crippen molar-refractivity contribution in [1.29, 1.82) is 0 Å². The minimum absolute atomic E-state index is 0.0689. The summed E-state index contributed by atoms with van der Waals surface area (Å²) in [7, 11) is 0. The van der Waals surface area contributed by atoms with E-state index in [4.69, 9.17) is 0 Å². The molecule has 0 radical (unpaired) electrons. The van der Waals surface area contributed by atoms with Crippen LogP contribution < -0.4 is 4.90 Å². The van der Waals surface area contributed by atoms with Crippen LogP contribution in [0.4, 0.5) is 5.69 Å². The van der Waals surface area contributed by atoms with Crippen molar-refractivity contribution >= 4 is 11.6 Å². The number of carbonyl (C=O) groups is 1. The summed E-state index contributed by atoms with van der Waals surface area (Å²) in [6.45, 7) is 2.43. The summed E-state index contributed by atoms with van der Waals surface area (Å²) < 4.78 is 0. The third-order valence-corrected chi connectivity index (χ3v) is 3.58. The number of hydrogen-bond acceptors (Lipinski definition) is 3. The number of carbonyl (C=O) groups excluding carboxylic acids is 1. The van der Waals surface area contributed by atoms with E-state index >= 15 is 0 Å². The van der Waals surface area contributed by atoms with Crippen molar-refractivity contribution in [3.63, 3.8) is 0 Å². The molecular formula is C16H16N2O2. The molecule has 1 aromatic heterocycles. The van der Waals surface area contributed by atoms with E-state index in [9.17, 15) is 9.90 Å². The molecule has 1 amide bonds. The van der Waals surface area contributed by atoms with Gasteiger partial charge in [-0.1, -0.05) is 18.2 Å². The van der Waals surface area contributed by atoms with Gasteiger partial charge < -0.3 is 10.0 Å². The molecule has 1 aliphatic heterocycles. The first-order valence-corrected chi connectivity index (χ1v) is 6.67. The molecular weight excluding hydrogens is 252 g/mol. The number of aliphatic hydroxyl groups excluding tert-OH is 1. The number of hydrogen-bond donors (Lipinski definition) is 1. The van der Waals surface area contributed by atoms with Gasteiger partial charge in [-0.2, -0.15) is 0 Å². The zero-order valence-electron chi connectivity index (χ0n) is 11.3. The summed E-state index contributed by atoms with van der Waals surface area (Å²) >= 11 is 0. The number of fused-ring (bicyclic) bond motifs is 1. The lowest BCUT2D eigenvalue weighted by Gasteiger charge is -2.32. The Morgan fingerprint density at radius 3 is 2.95 bits per heavy atom. The molecule has 4 heteroatoms. The summed E-state index contributed by atoms with van der Waals surface area (Å²) in [5.41, 5.74) is 3.14. The SMILES string of the molecule is Cc1cncc(C(=O)N2CCC(O)c3ccccc32)c1. The number of para-hydroxylation sites is 1. The number of amides is 1. The highest BCUT2D eigenvalue weighted by Crippen LogP contribution is 2.34. The van der Waals surface area contributed by atoms with Crippen LogP contribution in [0, 0.1) is 6.92 Å². The normalized spacial score (nSPS) is 17.7. The van der Waals surface area contributed by atoms with E-state index in [0.29, 0.717) is 18.5 Å². The minimum atomic E-state index is -0.495. The number of aliphatic hydroxyl groups is 1. The summed E-state index contributed by atoms with van der Waals surface area (Å²) in [5, 5.41) is 10.0. The Morgan fingerprint density at radius 1 is 1.35 bits per heavy atom. The number of anilines is 1. The number of aryl methyl sites for hydroxylation is 1. The maximum absolute atomic E-state index is 12.6. The molecule has 3 rings (SSSR count). The standard InChI is InChI=1S/C16H16N2O2/c1-11-8-12(10-17-9-11)16(20)18-7-6-15(19)13-4-2-3-5-14(13)18/h2-5,8-10,15,19H,6-7H2,1H3. The van der Waals surface area contributed by atoms with Gasteiger partial charge in [0, 0.05) is 30.2 Å². The lowest BCUT2D eigenvalue weighted by atomic mass is 9.98. The minimum Gasteiger partial charge on any atom is -0.388 e. The molecule has 0 fully saturated rings. The van der Waals surface area contributed by atoms with Crippen molar-refractivity contribution in [2.75, 3.05) is 11.4 Å². The highest BCUT2D eigenvalue weighted by atomic mass is 16.3. The van der Waals surface area contributed by atoms with Crippen molar-refractivity contribution in [3.05, 3.63) is 59.4 Å². The largest absolute Gasteiger partial charge is 0.388 e. The molecule has 0 saturated heterocycles. The van der Waals surface area contributed by atoms with Gasteiger partial charge in [0.05, 0.1) is 11.7 Å². The second-order valence-electron chi connectivity index (χ2n) is 5.07. The number of nitrogens with zero attached hydrogens (tertiary/aromatic N) is 2. The number of aromatic nitrogens is 1. The molecule has 1 N–H and O–H groups in total. The molecule has 0 bridgehead atoms. The van der Waals surface area contributed by atoms with E-state index in [2.05, 4.69) is 4.98 Å². The first kappa shape index (κ1) is 12.8. The lowest BCUT2D eigenvalue weighted by molar-refractivity contribution is 0.0970. The maximum Gasteiger partial charge on any atom is 0.259 e. The summed E-state index contributed by atoms with van der Waals surface area (Å²) in [4.78, 5) is 18.4. The highest BCUT2D eigenvalue weighted by molar-refractivity contribution is 6.06. The van der Waals surface area contributed by atoms with Crippen molar-refractivity contribution in [2.24, 2.45) is 0 Å². The van der Waals surface area contributed by atoms with E-state index < -0.39 is 6.10 Å². The molecule has 1 unspecified atom stereocenters. The molecule has 0 saturated carbocycles. The Kier molecular flexibility index (Phi) is 3.24. The third kappa shape index (κ3) is 2.18. The van der Waals surface area contributed by atoms with E-state index in [1.54, 1.807) is 17.3 Å². The Bertz CT molecular complexity index is 654. The van der Waals surface area contributed by atoms with Crippen LogP contribution in [-0.2, 0) is 0 Å². The summed E-state index contributed by atoms with van der Waals surface area (Å²) in [6, 6.07) is 9.34. The van der Waals surface area contributed by atoms with Crippen LogP contribution in [0.1, 0.15) is 34.0 Å². The first-order valence-electron chi connectivity index (χ1n) is 6.67. The van der Waals surface area contributed by atoms with Crippen molar-refractivity contribution in [1.82, 2.24) is 4.98 Å². The zero-order chi connectivity index (χ0) is 14.1. The predicted octanol–water partition coefficient (Wildman–Crippen LogP) is 2.47. The van der Waals surface area contributed by atoms with Crippen molar-refractivity contribution in [2.45, 2.75) is 19.4 Å². The molecule has 102 valence electrons. The number of benzene rings is 1. The van der Waals surface area contributed by atoms with E-state index in [-0.39, 0.29) is 5.91 Å². The fourth-order valence-electron chi connectivity index (χ4n) is 2.58. The van der Waals surface area contributed by atoms with E-state index in [0.717, 1.165) is 16.8 Å². The topological polar surface area (TPSA) is 53.4 Å². The van der Waals surface area contributed by atoms with Crippen LogP contribution >= 0.6 is 0 Å². The van der Waals surface area contributed by atoms with Gasteiger partial charge in [0.25, 0.3) is 5.91 Å². The average Bonchev–Trinajstić information content (AvgIpc) is 2.47. The van der Waals surface area contributed by atoms with Crippen LogP contribution in [0.3, 0.4) is 0 Å². The van der Waals surface area contributed by atoms with Crippen LogP contribution in [0.5, 0.6) is 0 Å². The van der Waals surface area contributed by atoms with Crippen molar-refractivity contribution in [3.8, 4) is 0 Å². The molecule has 1 atom stereocenters. The van der Waals surface area contributed by atoms with Gasteiger partial charge >= 0.3 is 0 Å². The van der Waals surface area contributed by atoms with Crippen LogP contribution in [0.25, 0.3) is 0 Å². The third-order valence-electron chi connectivity index (χ3n) is 3.58. The van der Waals surface area contributed by atoms with Gasteiger partial charge in [0.15, 0.2) is 0 Å². The maximum atomic E-state index is 12.6. The molecule has 4 nitrogen and oxygen atoms in total. The number of pyridine rings is 1. The van der Waals surface area contributed by atoms with E-state index in [1.165, 1.54) is 0 Å². The van der Waals surface area contributed by atoms with Crippen LogP contribution in [-0.4, -0.2) is 22.5 Å². The highest BCUT2D eigenvalue weighted by Gasteiger charge is 2.27. The van der Waals surface area contributed by atoms with Gasteiger partial charge in [0.2, 0.25) is 0 Å². The summed E-state index contributed by atoms with van der Waals surface area (Å²) in [6.07, 6.45) is 3.38. The molecule has 0 spiro atoms.